The second-order valence-electron chi connectivity index (χ2n) is 6.08. The van der Waals surface area contributed by atoms with Gasteiger partial charge in [-0.2, -0.15) is 5.26 Å². The number of rotatable bonds is 5. The average molecular weight is 379 g/mol. The van der Waals surface area contributed by atoms with Crippen molar-refractivity contribution in [3.05, 3.63) is 47.1 Å². The highest BCUT2D eigenvalue weighted by Gasteiger charge is 2.18. The number of nitriles is 1. The van der Waals surface area contributed by atoms with Crippen molar-refractivity contribution >= 4 is 17.0 Å². The van der Waals surface area contributed by atoms with Gasteiger partial charge in [-0.1, -0.05) is 6.07 Å². The lowest BCUT2D eigenvalue weighted by atomic mass is 10.1. The van der Waals surface area contributed by atoms with Crippen LogP contribution in [-0.4, -0.2) is 34.3 Å². The monoisotopic (exact) mass is 379 g/mol. The molecule has 0 aliphatic carbocycles. The lowest BCUT2D eigenvalue weighted by Gasteiger charge is -2.11. The van der Waals surface area contributed by atoms with E-state index in [-0.39, 0.29) is 6.10 Å². The van der Waals surface area contributed by atoms with Gasteiger partial charge in [0.25, 0.3) is 0 Å². The Morgan fingerprint density at radius 2 is 2.26 bits per heavy atom. The molecule has 0 bridgehead atoms. The van der Waals surface area contributed by atoms with E-state index in [2.05, 4.69) is 21.0 Å². The van der Waals surface area contributed by atoms with Crippen LogP contribution in [-0.2, 0) is 16.1 Å². The van der Waals surface area contributed by atoms with E-state index in [4.69, 9.17) is 15.2 Å². The van der Waals surface area contributed by atoms with E-state index in [1.807, 2.05) is 23.6 Å². The molecule has 1 saturated heterocycles. The third-order valence-corrected chi connectivity index (χ3v) is 5.01. The molecule has 8 heteroatoms. The molecule has 1 unspecified atom stereocenters. The Morgan fingerprint density at radius 3 is 3.00 bits per heavy atom. The first kappa shape index (κ1) is 17.5. The molecule has 1 aliphatic rings. The fourth-order valence-corrected chi connectivity index (χ4v) is 3.46. The highest BCUT2D eigenvalue weighted by molar-refractivity contribution is 7.13. The molecule has 0 amide bonds. The van der Waals surface area contributed by atoms with Crippen LogP contribution in [0.4, 0.5) is 5.69 Å². The Hall–Kier alpha value is -2.86. The van der Waals surface area contributed by atoms with Crippen molar-refractivity contribution in [1.82, 2.24) is 15.0 Å². The maximum atomic E-state index is 9.55. The van der Waals surface area contributed by atoms with Gasteiger partial charge in [0.15, 0.2) is 0 Å². The number of nitrogen functional groups attached to an aromatic ring is 1. The van der Waals surface area contributed by atoms with Gasteiger partial charge in [0, 0.05) is 18.2 Å². The van der Waals surface area contributed by atoms with E-state index in [1.165, 1.54) is 11.3 Å². The van der Waals surface area contributed by atoms with Crippen molar-refractivity contribution in [2.24, 2.45) is 0 Å². The van der Waals surface area contributed by atoms with Gasteiger partial charge in [0.05, 0.1) is 36.4 Å². The molecule has 0 radical (unpaired) electrons. The van der Waals surface area contributed by atoms with Crippen molar-refractivity contribution in [1.29, 1.82) is 5.26 Å². The Balaban J connectivity index is 1.67. The van der Waals surface area contributed by atoms with Gasteiger partial charge >= 0.3 is 0 Å². The zero-order valence-corrected chi connectivity index (χ0v) is 15.3. The van der Waals surface area contributed by atoms with Crippen molar-refractivity contribution in [3.63, 3.8) is 0 Å². The summed E-state index contributed by atoms with van der Waals surface area (Å²) in [5.74, 6) is 0. The molecule has 0 saturated carbocycles. The molecule has 3 aromatic rings. The van der Waals surface area contributed by atoms with E-state index >= 15 is 0 Å². The van der Waals surface area contributed by atoms with Gasteiger partial charge in [0.1, 0.15) is 28.0 Å². The SMILES string of the molecule is N#Cc1c(N)cc(-c2nccs2)nc1-c1cccc(COC2CCOC2)n1. The first-order valence-corrected chi connectivity index (χ1v) is 9.38. The molecule has 3 aromatic heterocycles. The number of ether oxygens (including phenoxy) is 2. The van der Waals surface area contributed by atoms with Gasteiger partial charge in [-0.25, -0.2) is 15.0 Å². The second-order valence-corrected chi connectivity index (χ2v) is 6.97. The number of pyridine rings is 2. The molecule has 0 aromatic carbocycles. The van der Waals surface area contributed by atoms with Crippen LogP contribution in [0.25, 0.3) is 22.1 Å². The van der Waals surface area contributed by atoms with Gasteiger partial charge in [-0.3, -0.25) is 0 Å². The molecular formula is C19H17N5O2S. The van der Waals surface area contributed by atoms with Gasteiger partial charge in [0.2, 0.25) is 0 Å². The minimum Gasteiger partial charge on any atom is -0.398 e. The molecule has 4 heterocycles. The number of aromatic nitrogens is 3. The van der Waals surface area contributed by atoms with Crippen LogP contribution in [0.3, 0.4) is 0 Å². The minimum atomic E-state index is 0.104. The highest BCUT2D eigenvalue weighted by Crippen LogP contribution is 2.30. The molecule has 4 rings (SSSR count). The maximum absolute atomic E-state index is 9.55. The van der Waals surface area contributed by atoms with E-state index in [0.717, 1.165) is 23.7 Å². The summed E-state index contributed by atoms with van der Waals surface area (Å²) in [6.45, 7) is 1.73. The summed E-state index contributed by atoms with van der Waals surface area (Å²) < 4.78 is 11.2. The summed E-state index contributed by atoms with van der Waals surface area (Å²) in [4.78, 5) is 13.5. The molecule has 2 N–H and O–H groups in total. The fourth-order valence-electron chi connectivity index (χ4n) is 2.87. The Labute approximate surface area is 160 Å². The fraction of sp³-hybridized carbons (Fsp3) is 0.263. The topological polar surface area (TPSA) is 107 Å². The van der Waals surface area contributed by atoms with Crippen LogP contribution in [0, 0.1) is 11.3 Å². The quantitative estimate of drug-likeness (QED) is 0.726. The summed E-state index contributed by atoms with van der Waals surface area (Å²) in [5, 5.41) is 12.2. The number of nitrogens with two attached hydrogens (primary N) is 1. The first-order chi connectivity index (χ1) is 13.2. The summed E-state index contributed by atoms with van der Waals surface area (Å²) in [5.41, 5.74) is 9.21. The maximum Gasteiger partial charge on any atom is 0.141 e. The van der Waals surface area contributed by atoms with Crippen LogP contribution < -0.4 is 5.73 Å². The second kappa shape index (κ2) is 7.80. The normalized spacial score (nSPS) is 16.3. The van der Waals surface area contributed by atoms with Crippen LogP contribution in [0.2, 0.25) is 0 Å². The first-order valence-electron chi connectivity index (χ1n) is 8.50. The summed E-state index contributed by atoms with van der Waals surface area (Å²) >= 11 is 1.46. The van der Waals surface area contributed by atoms with Crippen LogP contribution in [0.5, 0.6) is 0 Å². The predicted molar refractivity (Wildman–Crippen MR) is 102 cm³/mol. The Kier molecular flexibility index (Phi) is 5.07. The van der Waals surface area contributed by atoms with Gasteiger partial charge in [-0.05, 0) is 24.6 Å². The number of anilines is 1. The average Bonchev–Trinajstić information content (AvgIpc) is 3.40. The van der Waals surface area contributed by atoms with E-state index in [0.29, 0.717) is 41.5 Å². The lowest BCUT2D eigenvalue weighted by Crippen LogP contribution is -2.12. The molecule has 1 fully saturated rings. The zero-order chi connectivity index (χ0) is 18.6. The smallest absolute Gasteiger partial charge is 0.141 e. The molecule has 1 aliphatic heterocycles. The number of thiazole rings is 1. The minimum absolute atomic E-state index is 0.104. The zero-order valence-electron chi connectivity index (χ0n) is 14.5. The Morgan fingerprint density at radius 1 is 1.33 bits per heavy atom. The van der Waals surface area contributed by atoms with Crippen LogP contribution in [0.1, 0.15) is 17.7 Å². The van der Waals surface area contributed by atoms with Gasteiger partial charge < -0.3 is 15.2 Å². The molecule has 1 atom stereocenters. The highest BCUT2D eigenvalue weighted by atomic mass is 32.1. The van der Waals surface area contributed by atoms with E-state index < -0.39 is 0 Å². The van der Waals surface area contributed by atoms with E-state index in [1.54, 1.807) is 12.3 Å². The number of nitrogens with zero attached hydrogens (tertiary/aromatic N) is 4. The van der Waals surface area contributed by atoms with Crippen molar-refractivity contribution in [2.75, 3.05) is 18.9 Å². The molecule has 27 heavy (non-hydrogen) atoms. The lowest BCUT2D eigenvalue weighted by molar-refractivity contribution is 0.0302. The third kappa shape index (κ3) is 3.80. The molecule has 136 valence electrons. The molecule has 0 spiro atoms. The summed E-state index contributed by atoms with van der Waals surface area (Å²) in [6.07, 6.45) is 2.71. The van der Waals surface area contributed by atoms with Crippen LogP contribution in [0.15, 0.2) is 35.8 Å². The molecular weight excluding hydrogens is 362 g/mol. The van der Waals surface area contributed by atoms with Crippen LogP contribution >= 0.6 is 11.3 Å². The van der Waals surface area contributed by atoms with E-state index in [9.17, 15) is 5.26 Å². The number of hydrogen-bond donors (Lipinski definition) is 1. The van der Waals surface area contributed by atoms with Crippen molar-refractivity contribution in [2.45, 2.75) is 19.1 Å². The van der Waals surface area contributed by atoms with Crippen molar-refractivity contribution in [3.8, 4) is 28.2 Å². The Bertz CT molecular complexity index is 978. The summed E-state index contributed by atoms with van der Waals surface area (Å²) in [6, 6.07) is 9.39. The predicted octanol–water partition coefficient (Wildman–Crippen LogP) is 3.03. The van der Waals surface area contributed by atoms with Crippen molar-refractivity contribution < 1.29 is 9.47 Å². The summed E-state index contributed by atoms with van der Waals surface area (Å²) in [7, 11) is 0. The third-order valence-electron chi connectivity index (χ3n) is 4.22. The van der Waals surface area contributed by atoms with Gasteiger partial charge in [-0.15, -0.1) is 11.3 Å². The molecule has 7 nitrogen and oxygen atoms in total. The standard InChI is InChI=1S/C19H17N5O2S/c20-9-14-15(21)8-17(19-22-5-7-27-19)24-18(14)16-3-1-2-12(23-16)10-26-13-4-6-25-11-13/h1-3,5,7-8,13H,4,6,10-11H2,(H2,21,24). The largest absolute Gasteiger partial charge is 0.398 e. The number of hydrogen-bond acceptors (Lipinski definition) is 8.